The van der Waals surface area contributed by atoms with E-state index in [1.807, 2.05) is 0 Å². The van der Waals surface area contributed by atoms with Gasteiger partial charge in [0.2, 0.25) is 0 Å². The van der Waals surface area contributed by atoms with E-state index in [4.69, 9.17) is 5.90 Å². The van der Waals surface area contributed by atoms with Crippen LogP contribution in [-0.2, 0) is 9.63 Å². The summed E-state index contributed by atoms with van der Waals surface area (Å²) in [4.78, 5) is 14.8. The van der Waals surface area contributed by atoms with E-state index in [2.05, 4.69) is 10.2 Å². The van der Waals surface area contributed by atoms with Gasteiger partial charge in [0.05, 0.1) is 6.42 Å². The molecule has 1 saturated heterocycles. The van der Waals surface area contributed by atoms with Crippen LogP contribution in [0.15, 0.2) is 0 Å². The average Bonchev–Trinajstić information content (AvgIpc) is 2.06. The molecule has 0 amide bonds. The molecule has 0 spiro atoms. The molecule has 1 aliphatic heterocycles. The fraction of sp³-hybridized carbons (Fsp3) is 0.857. The highest BCUT2D eigenvalue weighted by atomic mass is 16.7. The van der Waals surface area contributed by atoms with Crippen molar-refractivity contribution in [1.29, 1.82) is 0 Å². The van der Waals surface area contributed by atoms with Crippen molar-refractivity contribution in [1.82, 2.24) is 5.32 Å². The summed E-state index contributed by atoms with van der Waals surface area (Å²) >= 11 is 0. The zero-order valence-corrected chi connectivity index (χ0v) is 6.51. The molecule has 0 bridgehead atoms. The summed E-state index contributed by atoms with van der Waals surface area (Å²) in [6, 6.07) is 0. The van der Waals surface area contributed by atoms with Gasteiger partial charge in [-0.3, -0.25) is 4.79 Å². The molecule has 0 aromatic heterocycles. The van der Waals surface area contributed by atoms with Gasteiger partial charge in [-0.1, -0.05) is 0 Å². The van der Waals surface area contributed by atoms with Gasteiger partial charge in [0, 0.05) is 0 Å². The molecule has 64 valence electrons. The van der Waals surface area contributed by atoms with Gasteiger partial charge in [-0.2, -0.15) is 5.90 Å². The number of piperidine rings is 1. The van der Waals surface area contributed by atoms with Crippen LogP contribution in [0.3, 0.4) is 0 Å². The summed E-state index contributed by atoms with van der Waals surface area (Å²) in [7, 11) is 0. The molecule has 0 aliphatic carbocycles. The second kappa shape index (κ2) is 4.31. The van der Waals surface area contributed by atoms with Crippen LogP contribution in [0.4, 0.5) is 0 Å². The SMILES string of the molecule is NOC(=O)CC1CCNCC1. The second-order valence-corrected chi connectivity index (χ2v) is 2.89. The number of nitrogens with one attached hydrogen (secondary N) is 1. The van der Waals surface area contributed by atoms with Crippen molar-refractivity contribution >= 4 is 5.97 Å². The largest absolute Gasteiger partial charge is 0.373 e. The van der Waals surface area contributed by atoms with Crippen LogP contribution in [-0.4, -0.2) is 19.1 Å². The summed E-state index contributed by atoms with van der Waals surface area (Å²) in [6.45, 7) is 2.00. The van der Waals surface area contributed by atoms with E-state index in [-0.39, 0.29) is 5.97 Å². The lowest BCUT2D eigenvalue weighted by atomic mass is 9.95. The van der Waals surface area contributed by atoms with Crippen molar-refractivity contribution < 1.29 is 9.63 Å². The highest BCUT2D eigenvalue weighted by molar-refractivity contribution is 5.69. The average molecular weight is 158 g/mol. The predicted molar refractivity (Wildman–Crippen MR) is 40.5 cm³/mol. The number of hydrogen-bond donors (Lipinski definition) is 2. The maximum atomic E-state index is 10.7. The fourth-order valence-electron chi connectivity index (χ4n) is 1.37. The Morgan fingerprint density at radius 1 is 1.55 bits per heavy atom. The van der Waals surface area contributed by atoms with E-state index in [1.54, 1.807) is 0 Å². The topological polar surface area (TPSA) is 64.3 Å². The maximum absolute atomic E-state index is 10.7. The first-order chi connectivity index (χ1) is 5.33. The van der Waals surface area contributed by atoms with Crippen molar-refractivity contribution in [2.24, 2.45) is 11.8 Å². The Kier molecular flexibility index (Phi) is 3.32. The molecule has 4 nitrogen and oxygen atoms in total. The molecule has 0 aromatic carbocycles. The molecule has 1 heterocycles. The van der Waals surface area contributed by atoms with Crippen molar-refractivity contribution in [2.75, 3.05) is 13.1 Å². The van der Waals surface area contributed by atoms with E-state index >= 15 is 0 Å². The van der Waals surface area contributed by atoms with Crippen LogP contribution in [0.1, 0.15) is 19.3 Å². The van der Waals surface area contributed by atoms with Crippen LogP contribution >= 0.6 is 0 Å². The fourth-order valence-corrected chi connectivity index (χ4v) is 1.37. The minimum Gasteiger partial charge on any atom is -0.373 e. The number of carbonyl (C=O) groups excluding carboxylic acids is 1. The second-order valence-electron chi connectivity index (χ2n) is 2.89. The van der Waals surface area contributed by atoms with E-state index in [1.165, 1.54) is 0 Å². The third kappa shape index (κ3) is 2.86. The Morgan fingerprint density at radius 3 is 2.73 bits per heavy atom. The van der Waals surface area contributed by atoms with Gasteiger partial charge in [0.1, 0.15) is 0 Å². The highest BCUT2D eigenvalue weighted by Crippen LogP contribution is 2.15. The first kappa shape index (κ1) is 8.49. The Balaban J connectivity index is 2.19. The summed E-state index contributed by atoms with van der Waals surface area (Å²) in [5, 5.41) is 3.22. The van der Waals surface area contributed by atoms with Crippen molar-refractivity contribution in [3.63, 3.8) is 0 Å². The molecule has 1 rings (SSSR count). The molecule has 0 aromatic rings. The highest BCUT2D eigenvalue weighted by Gasteiger charge is 2.16. The Morgan fingerprint density at radius 2 is 2.18 bits per heavy atom. The van der Waals surface area contributed by atoms with Crippen LogP contribution < -0.4 is 11.2 Å². The smallest absolute Gasteiger partial charge is 0.324 e. The van der Waals surface area contributed by atoms with Crippen LogP contribution in [0.2, 0.25) is 0 Å². The minimum absolute atomic E-state index is 0.295. The zero-order valence-electron chi connectivity index (χ0n) is 6.51. The lowest BCUT2D eigenvalue weighted by Gasteiger charge is -2.20. The van der Waals surface area contributed by atoms with Crippen molar-refractivity contribution in [3.05, 3.63) is 0 Å². The molecule has 3 N–H and O–H groups in total. The minimum atomic E-state index is -0.295. The maximum Gasteiger partial charge on any atom is 0.324 e. The van der Waals surface area contributed by atoms with E-state index < -0.39 is 0 Å². The summed E-state index contributed by atoms with van der Waals surface area (Å²) in [6.07, 6.45) is 2.57. The molecule has 0 atom stereocenters. The summed E-state index contributed by atoms with van der Waals surface area (Å²) in [5.41, 5.74) is 0. The van der Waals surface area contributed by atoms with Gasteiger partial charge in [-0.25, -0.2) is 0 Å². The lowest BCUT2D eigenvalue weighted by Crippen LogP contribution is -2.29. The third-order valence-corrected chi connectivity index (χ3v) is 2.05. The van der Waals surface area contributed by atoms with Gasteiger partial charge >= 0.3 is 5.97 Å². The lowest BCUT2D eigenvalue weighted by molar-refractivity contribution is -0.145. The molecule has 1 fully saturated rings. The molecular weight excluding hydrogens is 144 g/mol. The van der Waals surface area contributed by atoms with Crippen molar-refractivity contribution in [3.8, 4) is 0 Å². The van der Waals surface area contributed by atoms with E-state index in [0.717, 1.165) is 25.9 Å². The Labute approximate surface area is 66.0 Å². The molecular formula is C7H14N2O2. The van der Waals surface area contributed by atoms with Crippen LogP contribution in [0.5, 0.6) is 0 Å². The predicted octanol–water partition coefficient (Wildman–Crippen LogP) is -0.207. The Hall–Kier alpha value is -0.610. The normalized spacial score (nSPS) is 19.7. The number of hydrogen-bond acceptors (Lipinski definition) is 4. The van der Waals surface area contributed by atoms with Gasteiger partial charge in [0.15, 0.2) is 0 Å². The quantitative estimate of drug-likeness (QED) is 0.546. The van der Waals surface area contributed by atoms with Crippen LogP contribution in [0, 0.1) is 5.92 Å². The van der Waals surface area contributed by atoms with Gasteiger partial charge in [-0.15, -0.1) is 0 Å². The first-order valence-electron chi connectivity index (χ1n) is 3.93. The number of nitrogens with two attached hydrogens (primary N) is 1. The Bertz CT molecular complexity index is 132. The molecule has 0 saturated carbocycles. The monoisotopic (exact) mass is 158 g/mol. The standard InChI is InChI=1S/C7H14N2O2/c8-11-7(10)5-6-1-3-9-4-2-6/h6,9H,1-5,8H2. The number of rotatable bonds is 2. The van der Waals surface area contributed by atoms with Gasteiger partial charge < -0.3 is 10.2 Å². The molecule has 0 radical (unpaired) electrons. The van der Waals surface area contributed by atoms with Crippen LogP contribution in [0.25, 0.3) is 0 Å². The molecule has 0 unspecified atom stereocenters. The molecule has 11 heavy (non-hydrogen) atoms. The van der Waals surface area contributed by atoms with Gasteiger partial charge in [0.25, 0.3) is 0 Å². The molecule has 4 heteroatoms. The van der Waals surface area contributed by atoms with Gasteiger partial charge in [-0.05, 0) is 31.8 Å². The van der Waals surface area contributed by atoms with E-state index in [9.17, 15) is 4.79 Å². The molecule has 1 aliphatic rings. The summed E-state index contributed by atoms with van der Waals surface area (Å²) in [5.74, 6) is 4.89. The zero-order chi connectivity index (χ0) is 8.10. The summed E-state index contributed by atoms with van der Waals surface area (Å²) < 4.78 is 0. The van der Waals surface area contributed by atoms with Crippen molar-refractivity contribution in [2.45, 2.75) is 19.3 Å². The number of carbonyl (C=O) groups is 1. The first-order valence-corrected chi connectivity index (χ1v) is 3.93. The third-order valence-electron chi connectivity index (χ3n) is 2.05. The van der Waals surface area contributed by atoms with E-state index in [0.29, 0.717) is 12.3 Å².